The fourth-order valence-electron chi connectivity index (χ4n) is 1.38. The van der Waals surface area contributed by atoms with Crippen LogP contribution in [0, 0.1) is 6.92 Å². The summed E-state index contributed by atoms with van der Waals surface area (Å²) < 4.78 is 4.85. The van der Waals surface area contributed by atoms with Gasteiger partial charge in [0.1, 0.15) is 5.70 Å². The first-order valence-corrected chi connectivity index (χ1v) is 5.75. The Hall–Kier alpha value is -2.61. The summed E-state index contributed by atoms with van der Waals surface area (Å²) in [5.41, 5.74) is 5.91. The number of rotatable bonds is 5. The van der Waals surface area contributed by atoms with Crippen molar-refractivity contribution < 1.29 is 19.4 Å². The van der Waals surface area contributed by atoms with Gasteiger partial charge in [0, 0.05) is 6.20 Å². The van der Waals surface area contributed by atoms with Gasteiger partial charge >= 0.3 is 11.9 Å². The third-order valence-corrected chi connectivity index (χ3v) is 2.37. The molecule has 0 aromatic carbocycles. The molecule has 0 saturated heterocycles. The Bertz CT molecular complexity index is 556. The van der Waals surface area contributed by atoms with Crippen molar-refractivity contribution in [2.45, 2.75) is 13.8 Å². The minimum atomic E-state index is -1.30. The van der Waals surface area contributed by atoms with E-state index < -0.39 is 17.6 Å². The quantitative estimate of drug-likeness (QED) is 0.300. The number of carboxylic acids is 1. The lowest BCUT2D eigenvalue weighted by Gasteiger charge is -2.17. The lowest BCUT2D eigenvalue weighted by atomic mass is 10.2. The van der Waals surface area contributed by atoms with E-state index in [2.05, 4.69) is 4.98 Å². The Morgan fingerprint density at radius 3 is 2.75 bits per heavy atom. The minimum absolute atomic E-state index is 0.213. The number of anilines is 1. The number of esters is 1. The summed E-state index contributed by atoms with van der Waals surface area (Å²) in [6, 6.07) is 1.45. The van der Waals surface area contributed by atoms with Gasteiger partial charge in [-0.3, -0.25) is 9.99 Å². The van der Waals surface area contributed by atoms with Crippen LogP contribution in [0.4, 0.5) is 5.69 Å². The summed E-state index contributed by atoms with van der Waals surface area (Å²) in [7, 11) is 0. The highest BCUT2D eigenvalue weighted by Gasteiger charge is 2.13. The molecule has 0 atom stereocenters. The van der Waals surface area contributed by atoms with Gasteiger partial charge in [-0.2, -0.15) is 0 Å². The van der Waals surface area contributed by atoms with E-state index in [1.807, 2.05) is 0 Å². The highest BCUT2D eigenvalue weighted by molar-refractivity contribution is 5.90. The Labute approximate surface area is 115 Å². The van der Waals surface area contributed by atoms with Gasteiger partial charge in [-0.25, -0.2) is 15.4 Å². The zero-order valence-electron chi connectivity index (χ0n) is 11.2. The van der Waals surface area contributed by atoms with Crippen molar-refractivity contribution in [3.63, 3.8) is 0 Å². The molecule has 1 heterocycles. The SMILES string of the molecule is CCOC(=O)c1cnc(C)c(N(N)/C=C(\N)C(=O)O)c1. The second-order valence-electron chi connectivity index (χ2n) is 3.85. The van der Waals surface area contributed by atoms with Crippen LogP contribution < -0.4 is 16.6 Å². The molecule has 0 saturated carbocycles. The first kappa shape index (κ1) is 15.4. The average molecular weight is 280 g/mol. The van der Waals surface area contributed by atoms with Gasteiger partial charge in [0.2, 0.25) is 0 Å². The maximum atomic E-state index is 11.6. The second-order valence-corrected chi connectivity index (χ2v) is 3.85. The normalized spacial score (nSPS) is 11.1. The number of aliphatic carboxylic acids is 1. The van der Waals surface area contributed by atoms with Crippen molar-refractivity contribution in [1.29, 1.82) is 0 Å². The first-order valence-electron chi connectivity index (χ1n) is 5.75. The summed E-state index contributed by atoms with van der Waals surface area (Å²) in [6.07, 6.45) is 2.39. The predicted molar refractivity (Wildman–Crippen MR) is 71.5 cm³/mol. The van der Waals surface area contributed by atoms with Gasteiger partial charge in [-0.1, -0.05) is 0 Å². The smallest absolute Gasteiger partial charge is 0.353 e. The summed E-state index contributed by atoms with van der Waals surface area (Å²) >= 11 is 0. The van der Waals surface area contributed by atoms with E-state index in [0.29, 0.717) is 11.4 Å². The first-order chi connectivity index (χ1) is 9.36. The number of carbonyl (C=O) groups excluding carboxylic acids is 1. The Kier molecular flexibility index (Phi) is 5.04. The molecule has 8 heteroatoms. The standard InChI is InChI=1S/C12H16N4O4/c1-3-20-12(19)8-4-10(7(2)15-5-8)16(14)6-9(13)11(17)18/h4-6H,3,13-14H2,1-2H3,(H,17,18)/b9-6-. The van der Waals surface area contributed by atoms with Crippen LogP contribution in [0.15, 0.2) is 24.2 Å². The molecule has 0 aliphatic heterocycles. The molecule has 0 radical (unpaired) electrons. The summed E-state index contributed by atoms with van der Waals surface area (Å²) in [5, 5.41) is 9.69. The molecule has 1 aromatic heterocycles. The zero-order chi connectivity index (χ0) is 15.3. The molecule has 0 spiro atoms. The van der Waals surface area contributed by atoms with E-state index in [1.165, 1.54) is 12.3 Å². The number of hydrogen-bond donors (Lipinski definition) is 3. The molecule has 0 aliphatic carbocycles. The Balaban J connectivity index is 3.11. The summed E-state index contributed by atoms with van der Waals surface area (Å²) in [4.78, 5) is 26.3. The van der Waals surface area contributed by atoms with E-state index in [1.54, 1.807) is 13.8 Å². The predicted octanol–water partition coefficient (Wildman–Crippen LogP) is 0.132. The van der Waals surface area contributed by atoms with E-state index in [-0.39, 0.29) is 12.2 Å². The molecule has 1 rings (SSSR count). The summed E-state index contributed by atoms with van der Waals surface area (Å²) in [5.74, 6) is 3.86. The third-order valence-electron chi connectivity index (χ3n) is 2.37. The molecule has 5 N–H and O–H groups in total. The fraction of sp³-hybridized carbons (Fsp3) is 0.250. The Morgan fingerprint density at radius 2 is 2.20 bits per heavy atom. The van der Waals surface area contributed by atoms with Crippen molar-refractivity contribution in [2.24, 2.45) is 11.6 Å². The van der Waals surface area contributed by atoms with Gasteiger partial charge in [0.25, 0.3) is 0 Å². The highest BCUT2D eigenvalue weighted by Crippen LogP contribution is 2.18. The average Bonchev–Trinajstić information content (AvgIpc) is 2.39. The number of pyridine rings is 1. The van der Waals surface area contributed by atoms with Crippen LogP contribution in [0.25, 0.3) is 0 Å². The van der Waals surface area contributed by atoms with Crippen molar-refractivity contribution in [3.05, 3.63) is 35.4 Å². The van der Waals surface area contributed by atoms with Crippen LogP contribution in [-0.4, -0.2) is 28.6 Å². The molecule has 108 valence electrons. The van der Waals surface area contributed by atoms with E-state index in [0.717, 1.165) is 11.2 Å². The molecule has 0 amide bonds. The van der Waals surface area contributed by atoms with E-state index >= 15 is 0 Å². The molecular formula is C12H16N4O4. The number of ether oxygens (including phenoxy) is 1. The van der Waals surface area contributed by atoms with Gasteiger partial charge < -0.3 is 15.6 Å². The van der Waals surface area contributed by atoms with Crippen LogP contribution in [-0.2, 0) is 9.53 Å². The lowest BCUT2D eigenvalue weighted by molar-refractivity contribution is -0.132. The van der Waals surface area contributed by atoms with Crippen molar-refractivity contribution >= 4 is 17.6 Å². The Morgan fingerprint density at radius 1 is 1.55 bits per heavy atom. The second kappa shape index (κ2) is 6.53. The number of nitrogens with zero attached hydrogens (tertiary/aromatic N) is 2. The van der Waals surface area contributed by atoms with E-state index in [4.69, 9.17) is 21.4 Å². The topological polar surface area (TPSA) is 132 Å². The number of hydrazine groups is 1. The molecule has 0 fully saturated rings. The number of carboxylic acid groups (broad SMARTS) is 1. The molecule has 1 aromatic rings. The van der Waals surface area contributed by atoms with Gasteiger partial charge in [0.15, 0.2) is 0 Å². The molecule has 20 heavy (non-hydrogen) atoms. The number of hydrogen-bond acceptors (Lipinski definition) is 7. The number of nitrogens with two attached hydrogens (primary N) is 2. The molecule has 0 bridgehead atoms. The summed E-state index contributed by atoms with van der Waals surface area (Å²) in [6.45, 7) is 3.58. The maximum absolute atomic E-state index is 11.6. The van der Waals surface area contributed by atoms with Crippen LogP contribution in [0.1, 0.15) is 23.0 Å². The monoisotopic (exact) mass is 280 g/mol. The van der Waals surface area contributed by atoms with Gasteiger partial charge in [-0.15, -0.1) is 0 Å². The number of carbonyl (C=O) groups is 2. The minimum Gasteiger partial charge on any atom is -0.477 e. The van der Waals surface area contributed by atoms with Crippen LogP contribution in [0.2, 0.25) is 0 Å². The van der Waals surface area contributed by atoms with E-state index in [9.17, 15) is 9.59 Å². The zero-order valence-corrected chi connectivity index (χ0v) is 11.2. The number of aromatic nitrogens is 1. The van der Waals surface area contributed by atoms with Crippen molar-refractivity contribution in [3.8, 4) is 0 Å². The van der Waals surface area contributed by atoms with Crippen LogP contribution >= 0.6 is 0 Å². The van der Waals surface area contributed by atoms with Gasteiger partial charge in [0.05, 0.1) is 29.8 Å². The van der Waals surface area contributed by atoms with Crippen LogP contribution in [0.3, 0.4) is 0 Å². The molecule has 0 aliphatic rings. The third kappa shape index (κ3) is 3.69. The van der Waals surface area contributed by atoms with Crippen molar-refractivity contribution in [1.82, 2.24) is 4.98 Å². The molecule has 8 nitrogen and oxygen atoms in total. The largest absolute Gasteiger partial charge is 0.477 e. The van der Waals surface area contributed by atoms with Crippen molar-refractivity contribution in [2.75, 3.05) is 11.6 Å². The maximum Gasteiger partial charge on any atom is 0.353 e. The van der Waals surface area contributed by atoms with Gasteiger partial charge in [-0.05, 0) is 19.9 Å². The van der Waals surface area contributed by atoms with Crippen LogP contribution in [0.5, 0.6) is 0 Å². The number of aryl methyl sites for hydroxylation is 1. The highest BCUT2D eigenvalue weighted by atomic mass is 16.5. The lowest BCUT2D eigenvalue weighted by Crippen LogP contribution is -2.29. The molecule has 0 unspecified atom stereocenters. The fourth-order valence-corrected chi connectivity index (χ4v) is 1.38. The molecular weight excluding hydrogens is 264 g/mol.